The Morgan fingerprint density at radius 3 is 2.52 bits per heavy atom. The number of nitrogens with one attached hydrogen (secondary N) is 1. The highest BCUT2D eigenvalue weighted by Crippen LogP contribution is 2.59. The number of likely N-dealkylation sites (tertiary alicyclic amines) is 1. The van der Waals surface area contributed by atoms with Gasteiger partial charge in [-0.3, -0.25) is 9.62 Å². The second-order valence-electron chi connectivity index (χ2n) is 10.2. The Morgan fingerprint density at radius 1 is 1.06 bits per heavy atom. The van der Waals surface area contributed by atoms with Crippen LogP contribution in [0.25, 0.3) is 0 Å². The molecule has 2 aromatic rings. The zero-order valence-corrected chi connectivity index (χ0v) is 20.4. The summed E-state index contributed by atoms with van der Waals surface area (Å²) in [6.45, 7) is 4.30. The first kappa shape index (κ1) is 21.9. The molecule has 2 aliphatic heterocycles. The molecule has 6 nitrogen and oxygen atoms in total. The molecule has 0 unspecified atom stereocenters. The van der Waals surface area contributed by atoms with Gasteiger partial charge in [0.05, 0.1) is 15.7 Å². The molecule has 2 saturated heterocycles. The van der Waals surface area contributed by atoms with Crippen LogP contribution >= 0.6 is 23.2 Å². The largest absolute Gasteiger partial charge is 0.370 e. The van der Waals surface area contributed by atoms with Crippen molar-refractivity contribution in [3.63, 3.8) is 0 Å². The van der Waals surface area contributed by atoms with Crippen LogP contribution in [-0.4, -0.2) is 50.5 Å². The Hall–Kier alpha value is -1.61. The summed E-state index contributed by atoms with van der Waals surface area (Å²) in [7, 11) is -4.08. The number of aromatic nitrogens is 1. The smallest absolute Gasteiger partial charge is 0.264 e. The Balaban J connectivity index is 1.20. The molecule has 6 rings (SSSR count). The lowest BCUT2D eigenvalue weighted by atomic mass is 9.62. The number of anilines is 2. The molecule has 0 bridgehead atoms. The molecule has 1 aromatic heterocycles. The van der Waals surface area contributed by atoms with Gasteiger partial charge in [-0.05, 0) is 61.8 Å². The second kappa shape index (κ2) is 7.44. The van der Waals surface area contributed by atoms with Gasteiger partial charge in [-0.2, -0.15) is 4.39 Å². The van der Waals surface area contributed by atoms with Gasteiger partial charge in [0.2, 0.25) is 5.95 Å². The molecule has 4 aliphatic rings. The van der Waals surface area contributed by atoms with E-state index in [-0.39, 0.29) is 15.7 Å². The standard InChI is InChI=1S/C23H25Cl2FN4O2S/c24-15-11-18(33(31,32)28-21-3-1-2-20(26)27-21)16(25)10-17(15)29-9-8-23(14-29)5-4-19(23)30-12-22(13-30)6-7-22/h1-3,10-11,19H,4-9,12-14H2,(H,27,28)/t19-,23+/m1/s1. The molecule has 1 N–H and O–H groups in total. The zero-order valence-electron chi connectivity index (χ0n) is 18.0. The first-order valence-electron chi connectivity index (χ1n) is 11.3. The fourth-order valence-corrected chi connectivity index (χ4v) is 7.88. The maximum atomic E-state index is 13.4. The Morgan fingerprint density at radius 2 is 1.85 bits per heavy atom. The Kier molecular flexibility index (Phi) is 4.94. The molecule has 2 saturated carbocycles. The van der Waals surface area contributed by atoms with Crippen LogP contribution in [0.2, 0.25) is 10.0 Å². The van der Waals surface area contributed by atoms with Crippen LogP contribution in [0.15, 0.2) is 35.2 Å². The molecule has 33 heavy (non-hydrogen) atoms. The van der Waals surface area contributed by atoms with Crippen molar-refractivity contribution in [2.24, 2.45) is 10.8 Å². The number of benzene rings is 1. The average molecular weight is 511 g/mol. The van der Waals surface area contributed by atoms with E-state index < -0.39 is 16.0 Å². The summed E-state index contributed by atoms with van der Waals surface area (Å²) in [4.78, 5) is 8.31. The van der Waals surface area contributed by atoms with Crippen molar-refractivity contribution < 1.29 is 12.8 Å². The summed E-state index contributed by atoms with van der Waals surface area (Å²) in [5, 5.41) is 0.406. The van der Waals surface area contributed by atoms with E-state index in [9.17, 15) is 12.8 Å². The van der Waals surface area contributed by atoms with Crippen molar-refractivity contribution >= 4 is 44.7 Å². The maximum absolute atomic E-state index is 13.4. The third kappa shape index (κ3) is 3.70. The summed E-state index contributed by atoms with van der Waals surface area (Å²) in [6.07, 6.45) is 6.38. The van der Waals surface area contributed by atoms with Gasteiger partial charge in [0.25, 0.3) is 10.0 Å². The summed E-state index contributed by atoms with van der Waals surface area (Å²) >= 11 is 13.0. The average Bonchev–Trinajstić information content (AvgIpc) is 3.37. The molecule has 0 radical (unpaired) electrons. The lowest BCUT2D eigenvalue weighted by molar-refractivity contribution is -0.0772. The number of hydrogen-bond donors (Lipinski definition) is 1. The number of hydrogen-bond acceptors (Lipinski definition) is 5. The van der Waals surface area contributed by atoms with Crippen LogP contribution in [0.1, 0.15) is 32.1 Å². The topological polar surface area (TPSA) is 65.5 Å². The van der Waals surface area contributed by atoms with E-state index in [0.717, 1.165) is 31.3 Å². The van der Waals surface area contributed by atoms with Crippen LogP contribution in [0.4, 0.5) is 15.9 Å². The minimum absolute atomic E-state index is 0.0721. The van der Waals surface area contributed by atoms with Crippen LogP contribution < -0.4 is 9.62 Å². The molecule has 3 heterocycles. The Labute approximate surface area is 203 Å². The predicted octanol–water partition coefficient (Wildman–Crippen LogP) is 4.78. The quantitative estimate of drug-likeness (QED) is 0.586. The third-order valence-electron chi connectivity index (χ3n) is 8.07. The highest BCUT2D eigenvalue weighted by atomic mass is 35.5. The molecular formula is C23H25Cl2FN4O2S. The predicted molar refractivity (Wildman–Crippen MR) is 127 cm³/mol. The van der Waals surface area contributed by atoms with Crippen molar-refractivity contribution in [1.82, 2.24) is 9.88 Å². The lowest BCUT2D eigenvalue weighted by Gasteiger charge is -2.58. The monoisotopic (exact) mass is 510 g/mol. The van der Waals surface area contributed by atoms with E-state index in [4.69, 9.17) is 23.2 Å². The van der Waals surface area contributed by atoms with E-state index in [0.29, 0.717) is 21.9 Å². The molecule has 176 valence electrons. The van der Waals surface area contributed by atoms with Gasteiger partial charge >= 0.3 is 0 Å². The van der Waals surface area contributed by atoms with Crippen molar-refractivity contribution in [3.8, 4) is 0 Å². The van der Waals surface area contributed by atoms with Crippen molar-refractivity contribution in [2.45, 2.75) is 43.0 Å². The molecule has 1 aromatic carbocycles. The van der Waals surface area contributed by atoms with Gasteiger partial charge < -0.3 is 4.90 Å². The minimum atomic E-state index is -4.08. The van der Waals surface area contributed by atoms with Gasteiger partial charge in [-0.15, -0.1) is 0 Å². The van der Waals surface area contributed by atoms with Crippen molar-refractivity contribution in [1.29, 1.82) is 0 Å². The first-order chi connectivity index (χ1) is 15.7. The van der Waals surface area contributed by atoms with E-state index >= 15 is 0 Å². The normalized spacial score (nSPS) is 28.1. The summed E-state index contributed by atoms with van der Waals surface area (Å²) in [6, 6.07) is 7.53. The SMILES string of the molecule is O=S(=O)(Nc1cccc(F)n1)c1cc(Cl)c(N2CC[C@@]3(CC[C@H]3N3CC4(CC4)C3)C2)cc1Cl. The summed E-state index contributed by atoms with van der Waals surface area (Å²) in [5.41, 5.74) is 1.71. The van der Waals surface area contributed by atoms with E-state index in [2.05, 4.69) is 19.5 Å². The fourth-order valence-electron chi connectivity index (χ4n) is 5.98. The molecule has 4 fully saturated rings. The molecule has 2 atom stereocenters. The van der Waals surface area contributed by atoms with Gasteiger partial charge in [-0.25, -0.2) is 13.4 Å². The number of nitrogens with zero attached hydrogens (tertiary/aromatic N) is 3. The van der Waals surface area contributed by atoms with Gasteiger partial charge in [0.15, 0.2) is 0 Å². The van der Waals surface area contributed by atoms with Crippen LogP contribution in [0.5, 0.6) is 0 Å². The van der Waals surface area contributed by atoms with Crippen LogP contribution in [0, 0.1) is 16.8 Å². The molecule has 2 aliphatic carbocycles. The number of pyridine rings is 1. The molecular weight excluding hydrogens is 486 g/mol. The maximum Gasteiger partial charge on any atom is 0.264 e. The van der Waals surface area contributed by atoms with Crippen LogP contribution in [-0.2, 0) is 10.0 Å². The number of sulfonamides is 1. The zero-order chi connectivity index (χ0) is 23.0. The summed E-state index contributed by atoms with van der Waals surface area (Å²) < 4.78 is 41.3. The van der Waals surface area contributed by atoms with Gasteiger partial charge in [0.1, 0.15) is 10.7 Å². The molecule has 0 amide bonds. The highest BCUT2D eigenvalue weighted by molar-refractivity contribution is 7.92. The fraction of sp³-hybridized carbons (Fsp3) is 0.522. The minimum Gasteiger partial charge on any atom is -0.370 e. The molecule has 2 spiro atoms. The van der Waals surface area contributed by atoms with E-state index in [1.54, 1.807) is 6.07 Å². The van der Waals surface area contributed by atoms with Crippen LogP contribution in [0.3, 0.4) is 0 Å². The Bertz CT molecular complexity index is 1230. The number of halogens is 3. The van der Waals surface area contributed by atoms with E-state index in [1.165, 1.54) is 57.0 Å². The third-order valence-corrected chi connectivity index (χ3v) is 10.2. The van der Waals surface area contributed by atoms with Crippen molar-refractivity contribution in [3.05, 3.63) is 46.3 Å². The van der Waals surface area contributed by atoms with Crippen molar-refractivity contribution in [2.75, 3.05) is 35.8 Å². The first-order valence-corrected chi connectivity index (χ1v) is 13.6. The highest BCUT2D eigenvalue weighted by Gasteiger charge is 2.60. The van der Waals surface area contributed by atoms with Gasteiger partial charge in [0, 0.05) is 37.6 Å². The molecule has 10 heteroatoms. The summed E-state index contributed by atoms with van der Waals surface area (Å²) in [5.74, 6) is -0.903. The number of rotatable bonds is 5. The second-order valence-corrected chi connectivity index (χ2v) is 12.6. The van der Waals surface area contributed by atoms with Gasteiger partial charge in [-0.1, -0.05) is 29.3 Å². The lowest BCUT2D eigenvalue weighted by Crippen LogP contribution is -2.64. The van der Waals surface area contributed by atoms with E-state index in [1.807, 2.05) is 0 Å².